The Kier molecular flexibility index (Phi) is 6.26. The summed E-state index contributed by atoms with van der Waals surface area (Å²) in [5.41, 5.74) is 0.153. The Morgan fingerprint density at radius 3 is 2.54 bits per heavy atom. The number of nitrogens with zero attached hydrogens (tertiary/aromatic N) is 1. The number of piperidine rings is 1. The fourth-order valence-electron chi connectivity index (χ4n) is 3.25. The number of nitrogens with one attached hydrogen (secondary N) is 1. The van der Waals surface area contributed by atoms with Crippen LogP contribution in [0.3, 0.4) is 0 Å². The lowest BCUT2D eigenvalue weighted by molar-refractivity contribution is -0.124. The first-order chi connectivity index (χ1) is 12.6. The molecule has 1 aliphatic rings. The SMILES string of the molecule is O=C(CN1CCCC(O)(COc2ccccc2)C1)NCc1ccccc1. The molecule has 1 saturated heterocycles. The van der Waals surface area contributed by atoms with Crippen LogP contribution in [0.4, 0.5) is 0 Å². The van der Waals surface area contributed by atoms with Crippen molar-refractivity contribution in [2.75, 3.05) is 26.2 Å². The number of amides is 1. The van der Waals surface area contributed by atoms with Gasteiger partial charge in [0.25, 0.3) is 0 Å². The number of ether oxygens (including phenoxy) is 1. The second-order valence-electron chi connectivity index (χ2n) is 6.90. The molecular weight excluding hydrogens is 328 g/mol. The predicted octanol–water partition coefficient (Wildman–Crippen LogP) is 2.21. The molecule has 138 valence electrons. The van der Waals surface area contributed by atoms with Crippen LogP contribution >= 0.6 is 0 Å². The van der Waals surface area contributed by atoms with Crippen LogP contribution in [0.5, 0.6) is 5.75 Å². The van der Waals surface area contributed by atoms with Crippen LogP contribution in [0.2, 0.25) is 0 Å². The Bertz CT molecular complexity index is 693. The second kappa shape index (κ2) is 8.83. The maximum absolute atomic E-state index is 12.2. The van der Waals surface area contributed by atoms with E-state index in [2.05, 4.69) is 5.32 Å². The number of rotatable bonds is 7. The van der Waals surface area contributed by atoms with E-state index in [-0.39, 0.29) is 12.5 Å². The standard InChI is InChI=1S/C21H26N2O3/c24-20(22-14-18-8-3-1-4-9-18)15-23-13-7-12-21(25,16-23)17-26-19-10-5-2-6-11-19/h1-6,8-11,25H,7,12-17H2,(H,22,24). The predicted molar refractivity (Wildman–Crippen MR) is 101 cm³/mol. The summed E-state index contributed by atoms with van der Waals surface area (Å²) in [5, 5.41) is 13.8. The molecule has 0 aromatic heterocycles. The van der Waals surface area contributed by atoms with E-state index >= 15 is 0 Å². The van der Waals surface area contributed by atoms with Gasteiger partial charge in [-0.3, -0.25) is 9.69 Å². The molecule has 3 rings (SSSR count). The van der Waals surface area contributed by atoms with E-state index in [4.69, 9.17) is 4.74 Å². The molecule has 1 aliphatic heterocycles. The molecule has 0 aliphatic carbocycles. The molecule has 5 heteroatoms. The molecule has 2 N–H and O–H groups in total. The van der Waals surface area contributed by atoms with Crippen LogP contribution in [-0.2, 0) is 11.3 Å². The normalized spacial score (nSPS) is 20.5. The minimum Gasteiger partial charge on any atom is -0.491 e. The average molecular weight is 354 g/mol. The zero-order chi connectivity index (χ0) is 18.2. The summed E-state index contributed by atoms with van der Waals surface area (Å²) < 4.78 is 5.73. The summed E-state index contributed by atoms with van der Waals surface area (Å²) in [6, 6.07) is 19.3. The average Bonchev–Trinajstić information content (AvgIpc) is 2.67. The number of likely N-dealkylation sites (tertiary alicyclic amines) is 1. The highest BCUT2D eigenvalue weighted by Gasteiger charge is 2.34. The number of hydrogen-bond acceptors (Lipinski definition) is 4. The molecule has 0 radical (unpaired) electrons. The minimum atomic E-state index is -0.923. The van der Waals surface area contributed by atoms with E-state index in [0.29, 0.717) is 26.1 Å². The van der Waals surface area contributed by atoms with E-state index < -0.39 is 5.60 Å². The zero-order valence-electron chi connectivity index (χ0n) is 14.9. The van der Waals surface area contributed by atoms with Crippen LogP contribution in [0.25, 0.3) is 0 Å². The summed E-state index contributed by atoms with van der Waals surface area (Å²) in [6.07, 6.45) is 1.53. The third-order valence-corrected chi connectivity index (χ3v) is 4.58. The molecule has 1 heterocycles. The Morgan fingerprint density at radius 1 is 1.12 bits per heavy atom. The van der Waals surface area contributed by atoms with Crippen molar-refractivity contribution in [2.24, 2.45) is 0 Å². The summed E-state index contributed by atoms with van der Waals surface area (Å²) in [6.45, 7) is 2.31. The first kappa shape index (κ1) is 18.4. The molecule has 0 bridgehead atoms. The Hall–Kier alpha value is -2.37. The number of β-amino-alcohol motifs (C(OH)–C–C–N with tert-alkyl or cyclic N) is 1. The highest BCUT2D eigenvalue weighted by Crippen LogP contribution is 2.22. The molecule has 5 nitrogen and oxygen atoms in total. The van der Waals surface area contributed by atoms with Crippen LogP contribution in [0, 0.1) is 0 Å². The van der Waals surface area contributed by atoms with Gasteiger partial charge in [0.05, 0.1) is 6.54 Å². The Labute approximate surface area is 154 Å². The van der Waals surface area contributed by atoms with Crippen molar-refractivity contribution >= 4 is 5.91 Å². The fraction of sp³-hybridized carbons (Fsp3) is 0.381. The number of para-hydroxylation sites is 1. The molecule has 0 saturated carbocycles. The molecular formula is C21H26N2O3. The van der Waals surface area contributed by atoms with Crippen molar-refractivity contribution in [2.45, 2.75) is 25.0 Å². The molecule has 2 aromatic rings. The van der Waals surface area contributed by atoms with Gasteiger partial charge in [-0.15, -0.1) is 0 Å². The molecule has 26 heavy (non-hydrogen) atoms. The second-order valence-corrected chi connectivity index (χ2v) is 6.90. The molecule has 1 fully saturated rings. The van der Waals surface area contributed by atoms with Gasteiger partial charge in [0.2, 0.25) is 5.91 Å². The van der Waals surface area contributed by atoms with Crippen molar-refractivity contribution in [3.63, 3.8) is 0 Å². The van der Waals surface area contributed by atoms with Gasteiger partial charge in [-0.1, -0.05) is 48.5 Å². The van der Waals surface area contributed by atoms with E-state index in [0.717, 1.165) is 24.3 Å². The maximum Gasteiger partial charge on any atom is 0.234 e. The van der Waals surface area contributed by atoms with E-state index in [1.54, 1.807) is 0 Å². The van der Waals surface area contributed by atoms with Crippen LogP contribution in [0.1, 0.15) is 18.4 Å². The molecule has 1 unspecified atom stereocenters. The Balaban J connectivity index is 1.45. The van der Waals surface area contributed by atoms with Gasteiger partial charge in [-0.25, -0.2) is 0 Å². The number of benzene rings is 2. The van der Waals surface area contributed by atoms with Gasteiger partial charge >= 0.3 is 0 Å². The summed E-state index contributed by atoms with van der Waals surface area (Å²) in [4.78, 5) is 14.2. The monoisotopic (exact) mass is 354 g/mol. The van der Waals surface area contributed by atoms with Gasteiger partial charge in [-0.05, 0) is 37.1 Å². The lowest BCUT2D eigenvalue weighted by atomic mass is 9.93. The van der Waals surface area contributed by atoms with E-state index in [1.807, 2.05) is 65.6 Å². The number of hydrogen-bond donors (Lipinski definition) is 2. The maximum atomic E-state index is 12.2. The smallest absolute Gasteiger partial charge is 0.234 e. The van der Waals surface area contributed by atoms with Crippen LogP contribution in [-0.4, -0.2) is 47.8 Å². The largest absolute Gasteiger partial charge is 0.491 e. The number of aliphatic hydroxyl groups is 1. The van der Waals surface area contributed by atoms with Crippen molar-refractivity contribution < 1.29 is 14.6 Å². The lowest BCUT2D eigenvalue weighted by Crippen LogP contribution is -2.53. The third kappa shape index (κ3) is 5.58. The van der Waals surface area contributed by atoms with Gasteiger partial charge < -0.3 is 15.2 Å². The van der Waals surface area contributed by atoms with Gasteiger partial charge in [-0.2, -0.15) is 0 Å². The summed E-state index contributed by atoms with van der Waals surface area (Å²) in [7, 11) is 0. The fourth-order valence-corrected chi connectivity index (χ4v) is 3.25. The highest BCUT2D eigenvalue weighted by atomic mass is 16.5. The van der Waals surface area contributed by atoms with Crippen molar-refractivity contribution in [3.05, 3.63) is 66.2 Å². The zero-order valence-corrected chi connectivity index (χ0v) is 14.9. The van der Waals surface area contributed by atoms with Gasteiger partial charge in [0.15, 0.2) is 0 Å². The first-order valence-electron chi connectivity index (χ1n) is 9.06. The number of carbonyl (C=O) groups is 1. The van der Waals surface area contributed by atoms with E-state index in [9.17, 15) is 9.90 Å². The van der Waals surface area contributed by atoms with Crippen LogP contribution < -0.4 is 10.1 Å². The molecule has 1 atom stereocenters. The molecule has 0 spiro atoms. The van der Waals surface area contributed by atoms with Crippen LogP contribution in [0.15, 0.2) is 60.7 Å². The van der Waals surface area contributed by atoms with Gasteiger partial charge in [0.1, 0.15) is 18.0 Å². The lowest BCUT2D eigenvalue weighted by Gasteiger charge is -2.38. The highest BCUT2D eigenvalue weighted by molar-refractivity contribution is 5.78. The van der Waals surface area contributed by atoms with Crippen molar-refractivity contribution in [1.82, 2.24) is 10.2 Å². The Morgan fingerprint density at radius 2 is 1.81 bits per heavy atom. The van der Waals surface area contributed by atoms with Crippen molar-refractivity contribution in [3.8, 4) is 5.75 Å². The third-order valence-electron chi connectivity index (χ3n) is 4.58. The molecule has 1 amide bonds. The van der Waals surface area contributed by atoms with Gasteiger partial charge in [0, 0.05) is 13.1 Å². The quantitative estimate of drug-likeness (QED) is 0.800. The number of carbonyl (C=O) groups excluding carboxylic acids is 1. The molecule has 2 aromatic carbocycles. The minimum absolute atomic E-state index is 0.0259. The summed E-state index contributed by atoms with van der Waals surface area (Å²) in [5.74, 6) is 0.723. The van der Waals surface area contributed by atoms with E-state index in [1.165, 1.54) is 0 Å². The summed E-state index contributed by atoms with van der Waals surface area (Å²) >= 11 is 0. The first-order valence-corrected chi connectivity index (χ1v) is 9.06. The van der Waals surface area contributed by atoms with Crippen molar-refractivity contribution in [1.29, 1.82) is 0 Å². The topological polar surface area (TPSA) is 61.8 Å².